The number of nitrogens with one attached hydrogen (secondary N) is 1. The van der Waals surface area contributed by atoms with Crippen LogP contribution in [-0.4, -0.2) is 67.5 Å². The van der Waals surface area contributed by atoms with Gasteiger partial charge >= 0.3 is 0 Å². The second-order valence-electron chi connectivity index (χ2n) is 7.78. The first-order chi connectivity index (χ1) is 13.6. The second-order valence-corrected chi connectivity index (χ2v) is 7.78. The molecule has 1 amide bonds. The molecule has 1 N–H and O–H groups in total. The lowest BCUT2D eigenvalue weighted by atomic mass is 10.00. The van der Waals surface area contributed by atoms with E-state index in [1.807, 2.05) is 4.90 Å². The quantitative estimate of drug-likeness (QED) is 0.381. The van der Waals surface area contributed by atoms with Crippen molar-refractivity contribution in [3.05, 3.63) is 34.9 Å². The summed E-state index contributed by atoms with van der Waals surface area (Å²) in [4.78, 5) is 21.3. The third kappa shape index (κ3) is 6.57. The van der Waals surface area contributed by atoms with E-state index in [2.05, 4.69) is 54.2 Å². The summed E-state index contributed by atoms with van der Waals surface area (Å²) < 4.78 is 6.06. The number of aliphatic imine (C=N–C) groups is 1. The highest BCUT2D eigenvalue weighted by Gasteiger charge is 2.25. The topological polar surface area (TPSA) is 57.2 Å². The molecule has 7 heteroatoms. The summed E-state index contributed by atoms with van der Waals surface area (Å²) in [5, 5.41) is 3.36. The fourth-order valence-corrected chi connectivity index (χ4v) is 4.03. The number of benzene rings is 1. The van der Waals surface area contributed by atoms with E-state index in [1.54, 1.807) is 0 Å². The zero-order valence-electron chi connectivity index (χ0n) is 17.9. The van der Waals surface area contributed by atoms with E-state index in [1.165, 1.54) is 23.1 Å². The van der Waals surface area contributed by atoms with Crippen molar-refractivity contribution in [2.24, 2.45) is 4.99 Å². The van der Waals surface area contributed by atoms with Crippen molar-refractivity contribution in [3.63, 3.8) is 0 Å². The smallest absolute Gasteiger partial charge is 0.244 e. The minimum atomic E-state index is 0. The van der Waals surface area contributed by atoms with E-state index in [9.17, 15) is 4.79 Å². The molecule has 2 aliphatic heterocycles. The molecule has 1 aromatic carbocycles. The van der Waals surface area contributed by atoms with Crippen molar-refractivity contribution in [3.8, 4) is 0 Å². The second kappa shape index (κ2) is 11.7. The number of hydrogen-bond acceptors (Lipinski definition) is 3. The molecule has 6 nitrogen and oxygen atoms in total. The first-order valence-corrected chi connectivity index (χ1v) is 10.6. The normalized spacial score (nSPS) is 20.2. The fourth-order valence-electron chi connectivity index (χ4n) is 4.03. The molecular weight excluding hydrogens is 479 g/mol. The van der Waals surface area contributed by atoms with Crippen molar-refractivity contribution >= 4 is 35.8 Å². The van der Waals surface area contributed by atoms with Crippen molar-refractivity contribution < 1.29 is 9.53 Å². The van der Waals surface area contributed by atoms with Crippen molar-refractivity contribution in [2.75, 3.05) is 45.9 Å². The van der Waals surface area contributed by atoms with Gasteiger partial charge in [-0.2, -0.15) is 0 Å². The molecular formula is C22H35IN4O2. The molecule has 2 saturated heterocycles. The fraction of sp³-hybridized carbons (Fsp3) is 0.636. The Morgan fingerprint density at radius 2 is 1.93 bits per heavy atom. The van der Waals surface area contributed by atoms with Gasteiger partial charge in [0.25, 0.3) is 0 Å². The molecule has 2 aliphatic rings. The van der Waals surface area contributed by atoms with Crippen LogP contribution < -0.4 is 5.32 Å². The molecule has 2 heterocycles. The predicted molar refractivity (Wildman–Crippen MR) is 128 cm³/mol. The highest BCUT2D eigenvalue weighted by molar-refractivity contribution is 14.0. The third-order valence-electron chi connectivity index (χ3n) is 5.55. The van der Waals surface area contributed by atoms with Gasteiger partial charge in [-0.15, -0.1) is 24.0 Å². The van der Waals surface area contributed by atoms with Gasteiger partial charge < -0.3 is 19.9 Å². The van der Waals surface area contributed by atoms with Gasteiger partial charge in [0.2, 0.25) is 5.91 Å². The largest absolute Gasteiger partial charge is 0.370 e. The molecule has 162 valence electrons. The first-order valence-electron chi connectivity index (χ1n) is 10.6. The lowest BCUT2D eigenvalue weighted by Gasteiger charge is -2.36. The SMILES string of the molecule is CCNC(=NCC(=O)N1CCCCC1)N1CCOC(c2ccc(C)cc2C)C1.I. The molecule has 2 fully saturated rings. The molecule has 0 radical (unpaired) electrons. The zero-order chi connectivity index (χ0) is 19.9. The number of halogens is 1. The van der Waals surface area contributed by atoms with Crippen LogP contribution in [0.2, 0.25) is 0 Å². The standard InChI is InChI=1S/C22H34N4O2.HI/c1-4-23-22(24-15-21(27)25-10-6-5-7-11-25)26-12-13-28-20(16-26)19-9-8-17(2)14-18(19)3;/h8-9,14,20H,4-7,10-13,15-16H2,1-3H3,(H,23,24);1H. The molecule has 0 bridgehead atoms. The predicted octanol–water partition coefficient (Wildman–Crippen LogP) is 3.27. The maximum atomic E-state index is 12.5. The Labute approximate surface area is 192 Å². The Hall–Kier alpha value is -1.35. The zero-order valence-corrected chi connectivity index (χ0v) is 20.3. The lowest BCUT2D eigenvalue weighted by Crippen LogP contribution is -2.48. The average molecular weight is 514 g/mol. The molecule has 1 atom stereocenters. The minimum absolute atomic E-state index is 0. The molecule has 1 unspecified atom stereocenters. The molecule has 0 aromatic heterocycles. The minimum Gasteiger partial charge on any atom is -0.370 e. The van der Waals surface area contributed by atoms with Gasteiger partial charge in [0, 0.05) is 26.2 Å². The summed E-state index contributed by atoms with van der Waals surface area (Å²) in [6, 6.07) is 6.51. The Balaban J connectivity index is 0.00000300. The summed E-state index contributed by atoms with van der Waals surface area (Å²) in [7, 11) is 0. The Kier molecular flexibility index (Phi) is 9.68. The number of amides is 1. The van der Waals surface area contributed by atoms with Crippen LogP contribution in [0.15, 0.2) is 23.2 Å². The van der Waals surface area contributed by atoms with Crippen LogP contribution >= 0.6 is 24.0 Å². The number of carbonyl (C=O) groups is 1. The first kappa shape index (κ1) is 23.9. The number of guanidine groups is 1. The number of likely N-dealkylation sites (tertiary alicyclic amines) is 1. The van der Waals surface area contributed by atoms with Crippen LogP contribution in [0.1, 0.15) is 49.0 Å². The van der Waals surface area contributed by atoms with E-state index in [0.717, 1.165) is 51.5 Å². The highest BCUT2D eigenvalue weighted by atomic mass is 127. The Morgan fingerprint density at radius 1 is 1.17 bits per heavy atom. The summed E-state index contributed by atoms with van der Waals surface area (Å²) in [5.74, 6) is 0.945. The van der Waals surface area contributed by atoms with Gasteiger partial charge in [0.15, 0.2) is 5.96 Å². The molecule has 0 saturated carbocycles. The van der Waals surface area contributed by atoms with Crippen molar-refractivity contribution in [2.45, 2.75) is 46.1 Å². The number of piperidine rings is 1. The Morgan fingerprint density at radius 3 is 2.62 bits per heavy atom. The highest BCUT2D eigenvalue weighted by Crippen LogP contribution is 2.26. The molecule has 0 spiro atoms. The van der Waals surface area contributed by atoms with E-state index < -0.39 is 0 Å². The van der Waals surface area contributed by atoms with Gasteiger partial charge in [0.05, 0.1) is 13.2 Å². The van der Waals surface area contributed by atoms with Crippen LogP contribution in [0.25, 0.3) is 0 Å². The van der Waals surface area contributed by atoms with Gasteiger partial charge in [0.1, 0.15) is 12.6 Å². The number of rotatable bonds is 4. The third-order valence-corrected chi connectivity index (χ3v) is 5.55. The summed E-state index contributed by atoms with van der Waals surface area (Å²) in [6.07, 6.45) is 3.46. The molecule has 29 heavy (non-hydrogen) atoms. The maximum absolute atomic E-state index is 12.5. The van der Waals surface area contributed by atoms with E-state index in [-0.39, 0.29) is 42.5 Å². The van der Waals surface area contributed by atoms with E-state index in [0.29, 0.717) is 6.61 Å². The Bertz CT molecular complexity index is 704. The van der Waals surface area contributed by atoms with Crippen LogP contribution in [0, 0.1) is 13.8 Å². The molecule has 1 aromatic rings. The van der Waals surface area contributed by atoms with Gasteiger partial charge in [-0.05, 0) is 51.2 Å². The van der Waals surface area contributed by atoms with Crippen molar-refractivity contribution in [1.29, 1.82) is 0 Å². The van der Waals surface area contributed by atoms with Gasteiger partial charge in [-0.3, -0.25) is 4.79 Å². The molecule has 3 rings (SSSR count). The number of ether oxygens (including phenoxy) is 1. The number of nitrogens with zero attached hydrogens (tertiary/aromatic N) is 3. The maximum Gasteiger partial charge on any atom is 0.244 e. The summed E-state index contributed by atoms with van der Waals surface area (Å²) in [5.41, 5.74) is 3.75. The monoisotopic (exact) mass is 514 g/mol. The van der Waals surface area contributed by atoms with Crippen LogP contribution in [0.4, 0.5) is 0 Å². The van der Waals surface area contributed by atoms with Gasteiger partial charge in [-0.1, -0.05) is 23.8 Å². The van der Waals surface area contributed by atoms with Crippen LogP contribution in [0.3, 0.4) is 0 Å². The molecule has 0 aliphatic carbocycles. The lowest BCUT2D eigenvalue weighted by molar-refractivity contribution is -0.130. The number of hydrogen-bond donors (Lipinski definition) is 1. The van der Waals surface area contributed by atoms with E-state index in [4.69, 9.17) is 4.74 Å². The van der Waals surface area contributed by atoms with Gasteiger partial charge in [-0.25, -0.2) is 4.99 Å². The van der Waals surface area contributed by atoms with Crippen LogP contribution in [0.5, 0.6) is 0 Å². The van der Waals surface area contributed by atoms with E-state index >= 15 is 0 Å². The van der Waals surface area contributed by atoms with Crippen LogP contribution in [-0.2, 0) is 9.53 Å². The van der Waals surface area contributed by atoms with Crippen molar-refractivity contribution in [1.82, 2.24) is 15.1 Å². The summed E-state index contributed by atoms with van der Waals surface area (Å²) in [6.45, 7) is 11.2. The average Bonchev–Trinajstić information content (AvgIpc) is 2.71. The number of morpholine rings is 1. The number of carbonyl (C=O) groups excluding carboxylic acids is 1. The number of aryl methyl sites for hydroxylation is 2. The summed E-state index contributed by atoms with van der Waals surface area (Å²) >= 11 is 0.